The fourth-order valence-electron chi connectivity index (χ4n) is 2.23. The highest BCUT2D eigenvalue weighted by atomic mass is 79.9. The first-order chi connectivity index (χ1) is 12.4. The van der Waals surface area contributed by atoms with Gasteiger partial charge in [0.05, 0.1) is 4.47 Å². The molecule has 0 aromatic carbocycles. The molecule has 0 fully saturated rings. The highest BCUT2D eigenvalue weighted by Crippen LogP contribution is 2.39. The van der Waals surface area contributed by atoms with E-state index in [4.69, 9.17) is 0 Å². The number of carbonyl (C=O) groups is 1. The van der Waals surface area contributed by atoms with Crippen LogP contribution in [0.25, 0.3) is 0 Å². The predicted octanol–water partition coefficient (Wildman–Crippen LogP) is 6.16. The molecule has 1 aromatic rings. The Balaban J connectivity index is 0.00000326. The molecule has 0 unspecified atom stereocenters. The first-order valence-electron chi connectivity index (χ1n) is 8.49. The molecule has 0 spiro atoms. The van der Waals surface area contributed by atoms with Crippen molar-refractivity contribution in [3.05, 3.63) is 21.3 Å². The minimum absolute atomic E-state index is 0.0332. The molecular formula is C17H24BrF5N2O2. The molecule has 10 heteroatoms. The standard InChI is InChI=1S/C15H18BrF5N2O2.C2H6/c1-4-14(17,18)6-7-23(5-2)12-9(13(24)25)8(3)10(16)11(22-12)15(19,20)21;1-2/h4-7H2,1-3H3,(H,24,25);1-2H3. The summed E-state index contributed by atoms with van der Waals surface area (Å²) in [5, 5.41) is 9.37. The van der Waals surface area contributed by atoms with Crippen LogP contribution in [0.2, 0.25) is 0 Å². The highest BCUT2D eigenvalue weighted by Gasteiger charge is 2.39. The third kappa shape index (κ3) is 6.58. The Labute approximate surface area is 163 Å². The van der Waals surface area contributed by atoms with Crippen molar-refractivity contribution in [1.29, 1.82) is 0 Å². The second-order valence-electron chi connectivity index (χ2n) is 5.44. The summed E-state index contributed by atoms with van der Waals surface area (Å²) in [6.07, 6.45) is -5.85. The number of hydrogen-bond acceptors (Lipinski definition) is 3. The van der Waals surface area contributed by atoms with Crippen LogP contribution in [0, 0.1) is 6.92 Å². The molecule has 0 atom stereocenters. The van der Waals surface area contributed by atoms with Crippen LogP contribution in [-0.4, -0.2) is 35.1 Å². The van der Waals surface area contributed by atoms with Crippen molar-refractivity contribution in [1.82, 2.24) is 4.98 Å². The fraction of sp³-hybridized carbons (Fsp3) is 0.647. The lowest BCUT2D eigenvalue weighted by molar-refractivity contribution is -0.141. The topological polar surface area (TPSA) is 53.4 Å². The van der Waals surface area contributed by atoms with Gasteiger partial charge in [-0.1, -0.05) is 20.8 Å². The van der Waals surface area contributed by atoms with Crippen LogP contribution in [0.5, 0.6) is 0 Å². The number of anilines is 1. The number of aromatic carboxylic acids is 1. The molecule has 4 nitrogen and oxygen atoms in total. The van der Waals surface area contributed by atoms with Crippen molar-refractivity contribution in [3.63, 3.8) is 0 Å². The molecule has 0 aliphatic heterocycles. The zero-order chi connectivity index (χ0) is 21.6. The zero-order valence-corrected chi connectivity index (χ0v) is 17.4. The highest BCUT2D eigenvalue weighted by molar-refractivity contribution is 9.10. The quantitative estimate of drug-likeness (QED) is 0.493. The molecule has 1 rings (SSSR count). The van der Waals surface area contributed by atoms with E-state index in [0.717, 1.165) is 4.90 Å². The van der Waals surface area contributed by atoms with Gasteiger partial charge >= 0.3 is 12.1 Å². The number of nitrogens with zero attached hydrogens (tertiary/aromatic N) is 2. The van der Waals surface area contributed by atoms with Crippen molar-refractivity contribution in [2.24, 2.45) is 0 Å². The summed E-state index contributed by atoms with van der Waals surface area (Å²) < 4.78 is 66.0. The van der Waals surface area contributed by atoms with Gasteiger partial charge in [0.25, 0.3) is 0 Å². The molecule has 0 amide bonds. The van der Waals surface area contributed by atoms with Crippen LogP contribution in [0.3, 0.4) is 0 Å². The molecule has 0 bridgehead atoms. The van der Waals surface area contributed by atoms with E-state index in [0.29, 0.717) is 0 Å². The van der Waals surface area contributed by atoms with Crippen molar-refractivity contribution in [3.8, 4) is 0 Å². The minimum atomic E-state index is -4.82. The minimum Gasteiger partial charge on any atom is -0.478 e. The van der Waals surface area contributed by atoms with Gasteiger partial charge in [0.2, 0.25) is 5.92 Å². The summed E-state index contributed by atoms with van der Waals surface area (Å²) in [5.41, 5.74) is -1.89. The monoisotopic (exact) mass is 462 g/mol. The van der Waals surface area contributed by atoms with E-state index in [-0.39, 0.29) is 18.7 Å². The second-order valence-corrected chi connectivity index (χ2v) is 6.23. The number of carboxylic acid groups (broad SMARTS) is 1. The number of rotatable bonds is 7. The summed E-state index contributed by atoms with van der Waals surface area (Å²) in [6, 6.07) is 0. The number of aromatic nitrogens is 1. The Morgan fingerprint density at radius 1 is 1.19 bits per heavy atom. The molecule has 27 heavy (non-hydrogen) atoms. The summed E-state index contributed by atoms with van der Waals surface area (Å²) in [4.78, 5) is 16.1. The van der Waals surface area contributed by atoms with Gasteiger partial charge in [0.15, 0.2) is 5.69 Å². The van der Waals surface area contributed by atoms with Crippen LogP contribution in [-0.2, 0) is 6.18 Å². The molecule has 156 valence electrons. The Kier molecular flexibility index (Phi) is 9.64. The summed E-state index contributed by atoms with van der Waals surface area (Å²) >= 11 is 2.74. The van der Waals surface area contributed by atoms with Gasteiger partial charge in [0, 0.05) is 25.9 Å². The third-order valence-corrected chi connectivity index (χ3v) is 4.75. The molecule has 0 aliphatic rings. The number of hydrogen-bond donors (Lipinski definition) is 1. The van der Waals surface area contributed by atoms with E-state index in [1.165, 1.54) is 20.8 Å². The molecular weight excluding hydrogens is 439 g/mol. The second kappa shape index (κ2) is 10.2. The molecule has 0 radical (unpaired) electrons. The van der Waals surface area contributed by atoms with Crippen LogP contribution in [0.1, 0.15) is 62.2 Å². The average molecular weight is 463 g/mol. The summed E-state index contributed by atoms with van der Waals surface area (Å²) in [5.74, 6) is -4.93. The van der Waals surface area contributed by atoms with Gasteiger partial charge in [-0.3, -0.25) is 0 Å². The van der Waals surface area contributed by atoms with Gasteiger partial charge in [-0.2, -0.15) is 13.2 Å². The maximum atomic E-state index is 13.5. The Morgan fingerprint density at radius 2 is 1.70 bits per heavy atom. The third-order valence-electron chi connectivity index (χ3n) is 3.78. The van der Waals surface area contributed by atoms with E-state index in [1.807, 2.05) is 13.8 Å². The normalized spacial score (nSPS) is 11.7. The Bertz CT molecular complexity index is 651. The first kappa shape index (κ1) is 25.6. The van der Waals surface area contributed by atoms with Crippen molar-refractivity contribution in [2.45, 2.75) is 59.6 Å². The molecule has 1 heterocycles. The molecule has 0 saturated heterocycles. The van der Waals surface area contributed by atoms with Crippen molar-refractivity contribution >= 4 is 27.7 Å². The number of halogens is 6. The smallest absolute Gasteiger partial charge is 0.434 e. The lowest BCUT2D eigenvalue weighted by atomic mass is 10.1. The van der Waals surface area contributed by atoms with E-state index >= 15 is 0 Å². The van der Waals surface area contributed by atoms with Gasteiger partial charge in [-0.25, -0.2) is 18.6 Å². The maximum Gasteiger partial charge on any atom is 0.434 e. The van der Waals surface area contributed by atoms with Crippen LogP contribution >= 0.6 is 15.9 Å². The lowest BCUT2D eigenvalue weighted by Crippen LogP contribution is -2.32. The van der Waals surface area contributed by atoms with Gasteiger partial charge in [0.1, 0.15) is 11.4 Å². The Hall–Kier alpha value is -1.45. The fourth-order valence-corrected chi connectivity index (χ4v) is 2.74. The Morgan fingerprint density at radius 3 is 2.07 bits per heavy atom. The molecule has 0 saturated carbocycles. The van der Waals surface area contributed by atoms with Crippen LogP contribution < -0.4 is 4.90 Å². The number of pyridine rings is 1. The van der Waals surface area contributed by atoms with Gasteiger partial charge in [-0.05, 0) is 35.3 Å². The zero-order valence-electron chi connectivity index (χ0n) is 15.8. The SMILES string of the molecule is CC.CCN(CCC(F)(F)CC)c1nc(C(F)(F)F)c(Br)c(C)c1C(=O)O. The van der Waals surface area contributed by atoms with Crippen LogP contribution in [0.4, 0.5) is 27.8 Å². The largest absolute Gasteiger partial charge is 0.478 e. The predicted molar refractivity (Wildman–Crippen MR) is 97.7 cm³/mol. The lowest BCUT2D eigenvalue weighted by Gasteiger charge is -2.27. The van der Waals surface area contributed by atoms with Crippen LogP contribution in [0.15, 0.2) is 4.47 Å². The molecule has 0 aliphatic carbocycles. The summed E-state index contributed by atoms with van der Waals surface area (Å²) in [7, 11) is 0. The first-order valence-corrected chi connectivity index (χ1v) is 9.28. The average Bonchev–Trinajstić information content (AvgIpc) is 2.58. The van der Waals surface area contributed by atoms with E-state index in [1.54, 1.807) is 0 Å². The number of alkyl halides is 5. The summed E-state index contributed by atoms with van der Waals surface area (Å²) in [6.45, 7) is 7.75. The maximum absolute atomic E-state index is 13.5. The molecule has 1 aromatic heterocycles. The van der Waals surface area contributed by atoms with E-state index < -0.39 is 52.5 Å². The molecule has 1 N–H and O–H groups in total. The van der Waals surface area contributed by atoms with Gasteiger partial charge in [-0.15, -0.1) is 0 Å². The van der Waals surface area contributed by atoms with Crippen molar-refractivity contribution in [2.75, 3.05) is 18.0 Å². The van der Waals surface area contributed by atoms with Crippen molar-refractivity contribution < 1.29 is 31.9 Å². The van der Waals surface area contributed by atoms with E-state index in [2.05, 4.69) is 20.9 Å². The number of carboxylic acids is 1. The van der Waals surface area contributed by atoms with Gasteiger partial charge < -0.3 is 10.0 Å². The van der Waals surface area contributed by atoms with E-state index in [9.17, 15) is 31.9 Å².